The Bertz CT molecular complexity index is 1250. The third-order valence-corrected chi connectivity index (χ3v) is 8.47. The number of ether oxygens (including phenoxy) is 1. The lowest BCUT2D eigenvalue weighted by atomic mass is 9.95. The molecule has 1 N–H and O–H groups in total. The summed E-state index contributed by atoms with van der Waals surface area (Å²) in [4.78, 5) is 27.3. The summed E-state index contributed by atoms with van der Waals surface area (Å²) in [5.74, 6) is -1.96. The van der Waals surface area contributed by atoms with Gasteiger partial charge < -0.3 is 14.7 Å². The molecule has 0 aliphatic carbocycles. The number of carbonyl (C=O) groups excluding carboxylic acids is 2. The van der Waals surface area contributed by atoms with Crippen molar-refractivity contribution in [2.24, 2.45) is 0 Å². The molecule has 2 fully saturated rings. The van der Waals surface area contributed by atoms with E-state index in [4.69, 9.17) is 16.3 Å². The topological polar surface area (TPSA) is 104 Å². The van der Waals surface area contributed by atoms with E-state index in [0.29, 0.717) is 23.7 Å². The number of nitrogens with zero attached hydrogens (tertiary/aromatic N) is 2. The SMILES string of the molecule is COCCN1C(=O)C(=O)/C(=C(\O)c2ccc(S(=O)(=O)N3CCCCC3)cc2)C1c1cccc(Cl)c1. The van der Waals surface area contributed by atoms with Gasteiger partial charge in [0.05, 0.1) is 23.1 Å². The fourth-order valence-electron chi connectivity index (χ4n) is 4.52. The number of hydrogen-bond donors (Lipinski definition) is 1. The lowest BCUT2D eigenvalue weighted by Gasteiger charge is -2.26. The minimum Gasteiger partial charge on any atom is -0.507 e. The molecule has 0 bridgehead atoms. The highest BCUT2D eigenvalue weighted by Gasteiger charge is 2.46. The van der Waals surface area contributed by atoms with Gasteiger partial charge in [-0.15, -0.1) is 0 Å². The summed E-state index contributed by atoms with van der Waals surface area (Å²) in [5, 5.41) is 11.6. The van der Waals surface area contributed by atoms with E-state index in [1.807, 2.05) is 0 Å². The third-order valence-electron chi connectivity index (χ3n) is 6.32. The standard InChI is InChI=1S/C25H27ClN2O6S/c1-34-15-14-28-22(18-6-5-7-19(26)16-18)21(24(30)25(28)31)23(29)17-8-10-20(11-9-17)35(32,33)27-12-3-2-4-13-27/h5-11,16,22,29H,2-4,12-15H2,1H3/b23-21-. The zero-order chi connectivity index (χ0) is 25.2. The lowest BCUT2D eigenvalue weighted by molar-refractivity contribution is -0.140. The van der Waals surface area contributed by atoms with E-state index in [1.165, 1.54) is 40.6 Å². The van der Waals surface area contributed by atoms with Crippen molar-refractivity contribution in [1.29, 1.82) is 0 Å². The minimum atomic E-state index is -3.64. The van der Waals surface area contributed by atoms with Crippen molar-refractivity contribution in [1.82, 2.24) is 9.21 Å². The van der Waals surface area contributed by atoms with Gasteiger partial charge in [-0.25, -0.2) is 8.42 Å². The largest absolute Gasteiger partial charge is 0.507 e. The van der Waals surface area contributed by atoms with Crippen molar-refractivity contribution in [2.45, 2.75) is 30.2 Å². The Morgan fingerprint density at radius 1 is 1.09 bits per heavy atom. The van der Waals surface area contributed by atoms with Crippen LogP contribution in [-0.2, 0) is 24.3 Å². The Balaban J connectivity index is 1.74. The smallest absolute Gasteiger partial charge is 0.295 e. The molecule has 35 heavy (non-hydrogen) atoms. The molecular formula is C25H27ClN2O6S. The molecule has 2 aromatic carbocycles. The number of ketones is 1. The number of hydrogen-bond acceptors (Lipinski definition) is 6. The van der Waals surface area contributed by atoms with Crippen LogP contribution in [0.4, 0.5) is 0 Å². The van der Waals surface area contributed by atoms with Gasteiger partial charge in [-0.3, -0.25) is 9.59 Å². The average Bonchev–Trinajstić information content (AvgIpc) is 3.12. The van der Waals surface area contributed by atoms with Crippen LogP contribution in [0.25, 0.3) is 5.76 Å². The average molecular weight is 519 g/mol. The molecule has 8 nitrogen and oxygen atoms in total. The van der Waals surface area contributed by atoms with Gasteiger partial charge in [0.2, 0.25) is 10.0 Å². The van der Waals surface area contributed by atoms with Crippen LogP contribution in [0.2, 0.25) is 5.02 Å². The third kappa shape index (κ3) is 4.99. The molecule has 1 amide bonds. The van der Waals surface area contributed by atoms with Crippen molar-refractivity contribution in [3.63, 3.8) is 0 Å². The summed E-state index contributed by atoms with van der Waals surface area (Å²) >= 11 is 6.16. The number of aliphatic hydroxyl groups is 1. The number of sulfonamides is 1. The molecule has 4 rings (SSSR count). The van der Waals surface area contributed by atoms with E-state index in [2.05, 4.69) is 0 Å². The maximum absolute atomic E-state index is 13.0. The van der Waals surface area contributed by atoms with Gasteiger partial charge in [0.25, 0.3) is 11.7 Å². The van der Waals surface area contributed by atoms with Gasteiger partial charge >= 0.3 is 0 Å². The predicted octanol–water partition coefficient (Wildman–Crippen LogP) is 3.58. The van der Waals surface area contributed by atoms with Gasteiger partial charge in [-0.1, -0.05) is 30.2 Å². The molecular weight excluding hydrogens is 492 g/mol. The normalized spacial score (nSPS) is 21.0. The van der Waals surface area contributed by atoms with Gasteiger partial charge in [0.1, 0.15) is 5.76 Å². The lowest BCUT2D eigenvalue weighted by Crippen LogP contribution is -2.35. The summed E-state index contributed by atoms with van der Waals surface area (Å²) in [7, 11) is -2.15. The first-order valence-electron chi connectivity index (χ1n) is 11.4. The van der Waals surface area contributed by atoms with Crippen molar-refractivity contribution in [3.8, 4) is 0 Å². The second-order valence-electron chi connectivity index (χ2n) is 8.53. The zero-order valence-electron chi connectivity index (χ0n) is 19.3. The molecule has 0 spiro atoms. The second-order valence-corrected chi connectivity index (χ2v) is 10.9. The molecule has 1 unspecified atom stereocenters. The molecule has 0 saturated carbocycles. The summed E-state index contributed by atoms with van der Waals surface area (Å²) in [6, 6.07) is 11.6. The number of Topliss-reactive ketones (excluding diaryl/α,β-unsaturated/α-hetero) is 1. The molecule has 2 aliphatic heterocycles. The monoisotopic (exact) mass is 518 g/mol. The number of halogens is 1. The van der Waals surface area contributed by atoms with Crippen LogP contribution in [0.15, 0.2) is 59.0 Å². The molecule has 1 atom stereocenters. The first kappa shape index (κ1) is 25.4. The number of benzene rings is 2. The second kappa shape index (κ2) is 10.5. The fourth-order valence-corrected chi connectivity index (χ4v) is 6.23. The Labute approximate surface area is 209 Å². The van der Waals surface area contributed by atoms with Crippen LogP contribution < -0.4 is 0 Å². The fraction of sp³-hybridized carbons (Fsp3) is 0.360. The van der Waals surface area contributed by atoms with Crippen LogP contribution in [0.3, 0.4) is 0 Å². The van der Waals surface area contributed by atoms with Gasteiger partial charge in [-0.2, -0.15) is 4.31 Å². The molecule has 2 aromatic rings. The van der Waals surface area contributed by atoms with Crippen molar-refractivity contribution in [2.75, 3.05) is 33.4 Å². The highest BCUT2D eigenvalue weighted by molar-refractivity contribution is 7.89. The van der Waals surface area contributed by atoms with Gasteiger partial charge in [-0.05, 0) is 54.8 Å². The Morgan fingerprint density at radius 3 is 2.40 bits per heavy atom. The van der Waals surface area contributed by atoms with E-state index < -0.39 is 27.8 Å². The molecule has 0 aromatic heterocycles. The number of likely N-dealkylation sites (tertiary alicyclic amines) is 1. The quantitative estimate of drug-likeness (QED) is 0.341. The van der Waals surface area contributed by atoms with Crippen LogP contribution >= 0.6 is 11.6 Å². The van der Waals surface area contributed by atoms with Crippen molar-refractivity contribution < 1.29 is 27.9 Å². The van der Waals surface area contributed by atoms with Gasteiger partial charge in [0, 0.05) is 37.3 Å². The number of carbonyl (C=O) groups is 2. The van der Waals surface area contributed by atoms with Crippen LogP contribution in [0.5, 0.6) is 0 Å². The van der Waals surface area contributed by atoms with Gasteiger partial charge in [0.15, 0.2) is 0 Å². The summed E-state index contributed by atoms with van der Waals surface area (Å²) in [5.41, 5.74) is 0.720. The molecule has 0 radical (unpaired) electrons. The van der Waals surface area contributed by atoms with Crippen molar-refractivity contribution >= 4 is 39.1 Å². The van der Waals surface area contributed by atoms with E-state index in [-0.39, 0.29) is 34.9 Å². The highest BCUT2D eigenvalue weighted by Crippen LogP contribution is 2.40. The maximum Gasteiger partial charge on any atom is 0.295 e. The molecule has 186 valence electrons. The van der Waals surface area contributed by atoms with E-state index in [9.17, 15) is 23.1 Å². The molecule has 2 saturated heterocycles. The number of methoxy groups -OCH3 is 1. The van der Waals surface area contributed by atoms with Crippen LogP contribution in [-0.4, -0.2) is 67.8 Å². The number of amides is 1. The van der Waals surface area contributed by atoms with E-state index in [1.54, 1.807) is 24.3 Å². The Hall–Kier alpha value is -2.72. The first-order chi connectivity index (χ1) is 16.8. The first-order valence-corrected chi connectivity index (χ1v) is 13.2. The molecule has 10 heteroatoms. The number of rotatable bonds is 7. The maximum atomic E-state index is 13.0. The summed E-state index contributed by atoms with van der Waals surface area (Å²) < 4.78 is 32.5. The summed E-state index contributed by atoms with van der Waals surface area (Å²) in [6.45, 7) is 1.30. The molecule has 2 heterocycles. The highest BCUT2D eigenvalue weighted by atomic mass is 35.5. The van der Waals surface area contributed by atoms with Crippen molar-refractivity contribution in [3.05, 3.63) is 70.3 Å². The van der Waals surface area contributed by atoms with E-state index in [0.717, 1.165) is 19.3 Å². The van der Waals surface area contributed by atoms with Crippen LogP contribution in [0, 0.1) is 0 Å². The Kier molecular flexibility index (Phi) is 7.61. The zero-order valence-corrected chi connectivity index (χ0v) is 20.9. The minimum absolute atomic E-state index is 0.0833. The van der Waals surface area contributed by atoms with E-state index >= 15 is 0 Å². The number of piperidine rings is 1. The number of aliphatic hydroxyl groups excluding tert-OH is 1. The molecule has 2 aliphatic rings. The predicted molar refractivity (Wildman–Crippen MR) is 131 cm³/mol. The van der Waals surface area contributed by atoms with Crippen LogP contribution in [0.1, 0.15) is 36.4 Å². The summed E-state index contributed by atoms with van der Waals surface area (Å²) in [6.07, 6.45) is 2.66. The Morgan fingerprint density at radius 2 is 1.77 bits per heavy atom.